The highest BCUT2D eigenvalue weighted by atomic mass is 16.7. The van der Waals surface area contributed by atoms with E-state index < -0.39 is 0 Å². The Labute approximate surface area is 176 Å². The van der Waals surface area contributed by atoms with Gasteiger partial charge in [0.05, 0.1) is 12.3 Å². The number of hydrogen-bond acceptors (Lipinski definition) is 5. The van der Waals surface area contributed by atoms with Gasteiger partial charge in [-0.25, -0.2) is 0 Å². The lowest BCUT2D eigenvalue weighted by Gasteiger charge is -2.27. The lowest BCUT2D eigenvalue weighted by Crippen LogP contribution is -2.40. The SMILES string of the molecule is O=C(C1CCCC1)N(Cc1ccccc1)C[C@@H]1CC(c2ccc3c(c2)OCO3)=NO1. The van der Waals surface area contributed by atoms with E-state index in [1.807, 2.05) is 41.3 Å². The number of benzene rings is 2. The Morgan fingerprint density at radius 1 is 1.03 bits per heavy atom. The van der Waals surface area contributed by atoms with Crippen molar-refractivity contribution in [3.05, 3.63) is 59.7 Å². The minimum atomic E-state index is -0.139. The Balaban J connectivity index is 1.27. The summed E-state index contributed by atoms with van der Waals surface area (Å²) in [5.74, 6) is 1.88. The molecule has 0 aromatic heterocycles. The van der Waals surface area contributed by atoms with E-state index in [0.717, 1.165) is 54.0 Å². The molecule has 0 saturated heterocycles. The summed E-state index contributed by atoms with van der Waals surface area (Å²) in [5.41, 5.74) is 2.99. The van der Waals surface area contributed by atoms with Gasteiger partial charge in [0, 0.05) is 24.4 Å². The summed E-state index contributed by atoms with van der Waals surface area (Å²) in [6.07, 6.45) is 4.81. The molecular weight excluding hydrogens is 380 g/mol. The summed E-state index contributed by atoms with van der Waals surface area (Å²) in [6.45, 7) is 1.40. The van der Waals surface area contributed by atoms with Gasteiger partial charge in [0.15, 0.2) is 17.6 Å². The molecule has 1 fully saturated rings. The molecule has 3 aliphatic rings. The van der Waals surface area contributed by atoms with E-state index in [2.05, 4.69) is 17.3 Å². The first-order valence-corrected chi connectivity index (χ1v) is 10.7. The van der Waals surface area contributed by atoms with Gasteiger partial charge in [-0.1, -0.05) is 48.3 Å². The maximum Gasteiger partial charge on any atom is 0.231 e. The van der Waals surface area contributed by atoms with Crippen LogP contribution in [-0.2, 0) is 16.2 Å². The van der Waals surface area contributed by atoms with Crippen LogP contribution in [0.15, 0.2) is 53.7 Å². The second-order valence-corrected chi connectivity index (χ2v) is 8.22. The summed E-state index contributed by atoms with van der Waals surface area (Å²) in [7, 11) is 0. The highest BCUT2D eigenvalue weighted by Gasteiger charge is 2.32. The second-order valence-electron chi connectivity index (χ2n) is 8.22. The molecule has 1 atom stereocenters. The van der Waals surface area contributed by atoms with Crippen molar-refractivity contribution in [1.82, 2.24) is 4.90 Å². The van der Waals surface area contributed by atoms with Crippen LogP contribution in [0.5, 0.6) is 11.5 Å². The van der Waals surface area contributed by atoms with Gasteiger partial charge in [-0.2, -0.15) is 0 Å². The lowest BCUT2D eigenvalue weighted by atomic mass is 10.0. The average molecular weight is 406 g/mol. The fourth-order valence-corrected chi connectivity index (χ4v) is 4.49. The van der Waals surface area contributed by atoms with E-state index >= 15 is 0 Å². The third-order valence-electron chi connectivity index (χ3n) is 6.10. The minimum Gasteiger partial charge on any atom is -0.454 e. The number of ether oxygens (including phenoxy) is 2. The maximum absolute atomic E-state index is 13.2. The largest absolute Gasteiger partial charge is 0.454 e. The van der Waals surface area contributed by atoms with Crippen LogP contribution in [0.3, 0.4) is 0 Å². The van der Waals surface area contributed by atoms with Crippen molar-refractivity contribution in [3.8, 4) is 11.5 Å². The van der Waals surface area contributed by atoms with Gasteiger partial charge in [0.2, 0.25) is 12.7 Å². The lowest BCUT2D eigenvalue weighted by molar-refractivity contribution is -0.137. The summed E-state index contributed by atoms with van der Waals surface area (Å²) < 4.78 is 10.9. The van der Waals surface area contributed by atoms with E-state index in [1.165, 1.54) is 0 Å². The molecule has 0 spiro atoms. The normalized spacial score (nSPS) is 20.1. The predicted molar refractivity (Wildman–Crippen MR) is 112 cm³/mol. The van der Waals surface area contributed by atoms with Crippen molar-refractivity contribution in [3.63, 3.8) is 0 Å². The molecule has 1 aliphatic carbocycles. The van der Waals surface area contributed by atoms with Crippen molar-refractivity contribution in [2.24, 2.45) is 11.1 Å². The van der Waals surface area contributed by atoms with Crippen LogP contribution < -0.4 is 9.47 Å². The van der Waals surface area contributed by atoms with Crippen LogP contribution in [0.1, 0.15) is 43.2 Å². The van der Waals surface area contributed by atoms with Crippen LogP contribution >= 0.6 is 0 Å². The second kappa shape index (κ2) is 8.38. The number of carbonyl (C=O) groups excluding carboxylic acids is 1. The standard InChI is InChI=1S/C24H26N2O4/c27-24(18-8-4-5-9-18)26(14-17-6-2-1-3-7-17)15-20-13-21(25-30-20)19-10-11-22-23(12-19)29-16-28-22/h1-3,6-7,10-12,18,20H,4-5,8-9,13-16H2/t20-/m0/s1. The molecular formula is C24H26N2O4. The van der Waals surface area contributed by atoms with Gasteiger partial charge in [-0.15, -0.1) is 0 Å². The van der Waals surface area contributed by atoms with Crippen molar-refractivity contribution >= 4 is 11.6 Å². The first kappa shape index (κ1) is 19.0. The van der Waals surface area contributed by atoms with Gasteiger partial charge < -0.3 is 19.2 Å². The molecule has 1 amide bonds. The fourth-order valence-electron chi connectivity index (χ4n) is 4.49. The van der Waals surface area contributed by atoms with Gasteiger partial charge in [0.1, 0.15) is 0 Å². The van der Waals surface area contributed by atoms with Gasteiger partial charge in [0.25, 0.3) is 0 Å². The van der Waals surface area contributed by atoms with Gasteiger partial charge in [-0.3, -0.25) is 4.79 Å². The zero-order valence-electron chi connectivity index (χ0n) is 17.0. The number of carbonyl (C=O) groups is 1. The van der Waals surface area contributed by atoms with Crippen molar-refractivity contribution in [2.45, 2.75) is 44.8 Å². The van der Waals surface area contributed by atoms with Crippen molar-refractivity contribution in [2.75, 3.05) is 13.3 Å². The molecule has 6 heteroatoms. The van der Waals surface area contributed by atoms with Crippen molar-refractivity contribution < 1.29 is 19.1 Å². The molecule has 0 radical (unpaired) electrons. The Morgan fingerprint density at radius 3 is 2.67 bits per heavy atom. The van der Waals surface area contributed by atoms with Gasteiger partial charge >= 0.3 is 0 Å². The molecule has 0 N–H and O–H groups in total. The quantitative estimate of drug-likeness (QED) is 0.724. The number of rotatable bonds is 6. The zero-order chi connectivity index (χ0) is 20.3. The molecule has 5 rings (SSSR count). The first-order chi connectivity index (χ1) is 14.8. The number of hydrogen-bond donors (Lipinski definition) is 0. The van der Waals surface area contributed by atoms with E-state index in [0.29, 0.717) is 19.5 Å². The highest BCUT2D eigenvalue weighted by molar-refractivity contribution is 6.01. The molecule has 0 unspecified atom stereocenters. The Kier molecular flexibility index (Phi) is 5.30. The summed E-state index contributed by atoms with van der Waals surface area (Å²) in [5, 5.41) is 4.31. The number of nitrogens with zero attached hydrogens (tertiary/aromatic N) is 2. The van der Waals surface area contributed by atoms with E-state index in [4.69, 9.17) is 14.3 Å². The highest BCUT2D eigenvalue weighted by Crippen LogP contribution is 2.34. The van der Waals surface area contributed by atoms with Crippen LogP contribution in [0, 0.1) is 5.92 Å². The number of fused-ring (bicyclic) bond motifs is 1. The van der Waals surface area contributed by atoms with Gasteiger partial charge in [-0.05, 0) is 36.6 Å². The first-order valence-electron chi connectivity index (χ1n) is 10.7. The molecule has 2 aliphatic heterocycles. The van der Waals surface area contributed by atoms with Crippen LogP contribution in [0.25, 0.3) is 0 Å². The molecule has 2 aromatic rings. The van der Waals surface area contributed by atoms with E-state index in [9.17, 15) is 4.79 Å². The Hall–Kier alpha value is -3.02. The third kappa shape index (κ3) is 3.99. The molecule has 2 aromatic carbocycles. The fraction of sp³-hybridized carbons (Fsp3) is 0.417. The monoisotopic (exact) mass is 406 g/mol. The maximum atomic E-state index is 13.2. The number of amides is 1. The summed E-state index contributed by atoms with van der Waals surface area (Å²) in [4.78, 5) is 20.9. The molecule has 6 nitrogen and oxygen atoms in total. The molecule has 0 bridgehead atoms. The molecule has 2 heterocycles. The van der Waals surface area contributed by atoms with Crippen molar-refractivity contribution in [1.29, 1.82) is 0 Å². The predicted octanol–water partition coefficient (Wildman–Crippen LogP) is 4.13. The van der Waals surface area contributed by atoms with E-state index in [-0.39, 0.29) is 24.7 Å². The Bertz CT molecular complexity index is 937. The third-order valence-corrected chi connectivity index (χ3v) is 6.10. The zero-order valence-corrected chi connectivity index (χ0v) is 17.0. The van der Waals surface area contributed by atoms with Crippen LogP contribution in [0.4, 0.5) is 0 Å². The van der Waals surface area contributed by atoms with Crippen LogP contribution in [0.2, 0.25) is 0 Å². The topological polar surface area (TPSA) is 60.4 Å². The minimum absolute atomic E-state index is 0.139. The smallest absolute Gasteiger partial charge is 0.231 e. The average Bonchev–Trinajstić information content (AvgIpc) is 3.54. The summed E-state index contributed by atoms with van der Waals surface area (Å²) >= 11 is 0. The molecule has 1 saturated carbocycles. The summed E-state index contributed by atoms with van der Waals surface area (Å²) in [6, 6.07) is 16.0. The molecule has 156 valence electrons. The molecule has 30 heavy (non-hydrogen) atoms. The number of oxime groups is 1. The Morgan fingerprint density at radius 2 is 1.83 bits per heavy atom. The van der Waals surface area contributed by atoms with E-state index in [1.54, 1.807) is 0 Å². The van der Waals surface area contributed by atoms with Crippen LogP contribution in [-0.4, -0.2) is 36.0 Å².